The molecule has 1 rings (SSSR count). The Bertz CT molecular complexity index is 498. The quantitative estimate of drug-likeness (QED) is 0.399. The monoisotopic (exact) mass is 441 g/mol. The van der Waals surface area contributed by atoms with Gasteiger partial charge in [-0.15, -0.1) is 24.0 Å². The van der Waals surface area contributed by atoms with Crippen LogP contribution in [0.2, 0.25) is 5.02 Å². The largest absolute Gasteiger partial charge is 0.493 e. The van der Waals surface area contributed by atoms with Crippen molar-refractivity contribution in [3.05, 3.63) is 22.7 Å². The van der Waals surface area contributed by atoms with E-state index in [9.17, 15) is 0 Å². The van der Waals surface area contributed by atoms with Crippen LogP contribution in [0.5, 0.6) is 11.5 Å². The van der Waals surface area contributed by atoms with Crippen LogP contribution in [0.3, 0.4) is 0 Å². The highest BCUT2D eigenvalue weighted by Gasteiger charge is 2.12. The van der Waals surface area contributed by atoms with Gasteiger partial charge in [-0.05, 0) is 24.6 Å². The number of nitrogens with zero attached hydrogens (tertiary/aromatic N) is 3. The van der Waals surface area contributed by atoms with Crippen molar-refractivity contribution in [2.24, 2.45) is 4.99 Å². The first kappa shape index (κ1) is 21.1. The number of guanidine groups is 1. The number of aliphatic imine (C=N–C) groups is 1. The van der Waals surface area contributed by atoms with Crippen molar-refractivity contribution in [3.63, 3.8) is 0 Å². The van der Waals surface area contributed by atoms with Crippen molar-refractivity contribution in [1.82, 2.24) is 9.80 Å². The zero-order chi connectivity index (χ0) is 16.0. The van der Waals surface area contributed by atoms with Gasteiger partial charge < -0.3 is 19.3 Å². The van der Waals surface area contributed by atoms with E-state index < -0.39 is 0 Å². The van der Waals surface area contributed by atoms with Gasteiger partial charge in [-0.1, -0.05) is 11.6 Å². The minimum atomic E-state index is 0. The first-order chi connectivity index (χ1) is 9.90. The average molecular weight is 442 g/mol. The van der Waals surface area contributed by atoms with Gasteiger partial charge in [0.25, 0.3) is 0 Å². The molecule has 5 nitrogen and oxygen atoms in total. The summed E-state index contributed by atoms with van der Waals surface area (Å²) in [6.45, 7) is 2.97. The Morgan fingerprint density at radius 3 is 2.23 bits per heavy atom. The molecule has 0 aliphatic rings. The third-order valence-corrected chi connectivity index (χ3v) is 3.06. The summed E-state index contributed by atoms with van der Waals surface area (Å²) < 4.78 is 10.8. The van der Waals surface area contributed by atoms with E-state index in [-0.39, 0.29) is 24.0 Å². The number of rotatable bonds is 5. The number of methoxy groups -OCH3 is 1. The molecule has 22 heavy (non-hydrogen) atoms. The van der Waals surface area contributed by atoms with Gasteiger partial charge in [-0.25, -0.2) is 4.99 Å². The van der Waals surface area contributed by atoms with Crippen LogP contribution in [0.25, 0.3) is 0 Å². The lowest BCUT2D eigenvalue weighted by molar-refractivity contribution is 0.311. The second-order valence-corrected chi connectivity index (χ2v) is 5.35. The molecule has 0 N–H and O–H groups in total. The highest BCUT2D eigenvalue weighted by molar-refractivity contribution is 14.0. The maximum atomic E-state index is 6.26. The summed E-state index contributed by atoms with van der Waals surface area (Å²) in [7, 11) is 9.45. The molecule has 0 aromatic heterocycles. The Morgan fingerprint density at radius 1 is 1.18 bits per heavy atom. The lowest BCUT2D eigenvalue weighted by Crippen LogP contribution is -2.35. The summed E-state index contributed by atoms with van der Waals surface area (Å²) in [5.74, 6) is 2.10. The Morgan fingerprint density at radius 2 is 1.77 bits per heavy atom. The molecule has 0 radical (unpaired) electrons. The molecular weight excluding hydrogens is 417 g/mol. The van der Waals surface area contributed by atoms with Crippen LogP contribution in [0.4, 0.5) is 0 Å². The molecule has 1 aromatic carbocycles. The molecule has 0 unspecified atom stereocenters. The first-order valence-corrected chi connectivity index (χ1v) is 7.16. The van der Waals surface area contributed by atoms with Gasteiger partial charge in [-0.2, -0.15) is 0 Å². The van der Waals surface area contributed by atoms with Gasteiger partial charge >= 0.3 is 0 Å². The maximum absolute atomic E-state index is 6.26. The molecule has 0 aliphatic heterocycles. The van der Waals surface area contributed by atoms with Gasteiger partial charge in [0.1, 0.15) is 0 Å². The molecule has 0 heterocycles. The summed E-state index contributed by atoms with van der Waals surface area (Å²) in [5, 5.41) is 0.539. The third kappa shape index (κ3) is 5.72. The second kappa shape index (κ2) is 9.99. The number of ether oxygens (including phenoxy) is 2. The van der Waals surface area contributed by atoms with Crippen molar-refractivity contribution < 1.29 is 9.47 Å². The highest BCUT2D eigenvalue weighted by atomic mass is 127. The minimum absolute atomic E-state index is 0. The second-order valence-electron chi connectivity index (χ2n) is 4.95. The molecular formula is C15H25ClIN3O2. The zero-order valence-corrected chi connectivity index (χ0v) is 17.1. The number of hydrogen-bond donors (Lipinski definition) is 0. The molecule has 1 aromatic rings. The average Bonchev–Trinajstić information content (AvgIpc) is 2.40. The lowest BCUT2D eigenvalue weighted by Gasteiger charge is -2.22. The topological polar surface area (TPSA) is 37.3 Å². The van der Waals surface area contributed by atoms with E-state index in [1.54, 1.807) is 7.11 Å². The van der Waals surface area contributed by atoms with Crippen molar-refractivity contribution in [3.8, 4) is 11.5 Å². The molecule has 0 aliphatic carbocycles. The summed E-state index contributed by atoms with van der Waals surface area (Å²) in [4.78, 5) is 8.53. The van der Waals surface area contributed by atoms with Crippen molar-refractivity contribution in [2.75, 3.05) is 41.9 Å². The Kier molecular flexibility index (Phi) is 9.59. The molecule has 0 saturated carbocycles. The van der Waals surface area contributed by atoms with Gasteiger partial charge in [-0.3, -0.25) is 0 Å². The molecule has 7 heteroatoms. The first-order valence-electron chi connectivity index (χ1n) is 6.79. The van der Waals surface area contributed by atoms with Crippen LogP contribution in [0.15, 0.2) is 17.1 Å². The van der Waals surface area contributed by atoms with Crippen LogP contribution in [0, 0.1) is 0 Å². The summed E-state index contributed by atoms with van der Waals surface area (Å²) >= 11 is 6.26. The maximum Gasteiger partial charge on any atom is 0.195 e. The zero-order valence-electron chi connectivity index (χ0n) is 14.0. The molecule has 0 saturated heterocycles. The summed E-state index contributed by atoms with van der Waals surface area (Å²) in [5.41, 5.74) is 0.974. The van der Waals surface area contributed by atoms with Crippen LogP contribution in [-0.2, 0) is 6.54 Å². The Balaban J connectivity index is 0.00000441. The Hall–Kier alpha value is -0.890. The molecule has 0 bridgehead atoms. The summed E-state index contributed by atoms with van der Waals surface area (Å²) in [6.07, 6.45) is 0. The van der Waals surface area contributed by atoms with Crippen LogP contribution in [-0.4, -0.2) is 57.7 Å². The molecule has 0 atom stereocenters. The molecule has 0 spiro atoms. The van der Waals surface area contributed by atoms with Gasteiger partial charge in [0.15, 0.2) is 17.5 Å². The minimum Gasteiger partial charge on any atom is -0.493 e. The van der Waals surface area contributed by atoms with E-state index in [2.05, 4.69) is 4.99 Å². The highest BCUT2D eigenvalue weighted by Crippen LogP contribution is 2.36. The predicted molar refractivity (Wildman–Crippen MR) is 103 cm³/mol. The third-order valence-electron chi connectivity index (χ3n) is 2.78. The van der Waals surface area contributed by atoms with Gasteiger partial charge in [0.05, 0.1) is 25.3 Å². The van der Waals surface area contributed by atoms with Crippen molar-refractivity contribution in [1.29, 1.82) is 0 Å². The molecule has 0 fully saturated rings. The number of halogens is 2. The van der Waals surface area contributed by atoms with E-state index in [0.717, 1.165) is 11.5 Å². The molecule has 126 valence electrons. The van der Waals surface area contributed by atoms with Crippen LogP contribution >= 0.6 is 35.6 Å². The van der Waals surface area contributed by atoms with Crippen LogP contribution in [0.1, 0.15) is 12.5 Å². The number of benzene rings is 1. The summed E-state index contributed by atoms with van der Waals surface area (Å²) in [6, 6.07) is 3.77. The standard InChI is InChI=1S/C15H24ClN3O2.HI/c1-7-21-14-12(16)8-11(9-13(14)20-6)10-17-15(18(2)3)19(4)5;/h8-9H,7,10H2,1-6H3;1H. The van der Waals surface area contributed by atoms with Gasteiger partial charge in [0, 0.05) is 28.2 Å². The van der Waals surface area contributed by atoms with E-state index in [1.807, 2.05) is 57.0 Å². The fourth-order valence-corrected chi connectivity index (χ4v) is 2.28. The van der Waals surface area contributed by atoms with E-state index in [0.29, 0.717) is 29.7 Å². The molecule has 0 amide bonds. The fraction of sp³-hybridized carbons (Fsp3) is 0.533. The van der Waals surface area contributed by atoms with E-state index in [1.165, 1.54) is 0 Å². The fourth-order valence-electron chi connectivity index (χ4n) is 1.99. The predicted octanol–water partition coefficient (Wildman–Crippen LogP) is 3.34. The van der Waals surface area contributed by atoms with Crippen molar-refractivity contribution >= 4 is 41.5 Å². The Labute approximate surface area is 155 Å². The van der Waals surface area contributed by atoms with Gasteiger partial charge in [0.2, 0.25) is 0 Å². The van der Waals surface area contributed by atoms with E-state index in [4.69, 9.17) is 21.1 Å². The van der Waals surface area contributed by atoms with Crippen molar-refractivity contribution in [2.45, 2.75) is 13.5 Å². The number of hydrogen-bond acceptors (Lipinski definition) is 3. The smallest absolute Gasteiger partial charge is 0.195 e. The lowest BCUT2D eigenvalue weighted by atomic mass is 10.2. The van der Waals surface area contributed by atoms with E-state index >= 15 is 0 Å². The normalized spacial score (nSPS) is 9.59. The SMILES string of the molecule is CCOc1c(Cl)cc(CN=C(N(C)C)N(C)C)cc1OC.I. The van der Waals surface area contributed by atoms with Crippen LogP contribution < -0.4 is 9.47 Å².